The minimum absolute atomic E-state index is 0.245. The van der Waals surface area contributed by atoms with Crippen molar-refractivity contribution in [3.8, 4) is 0 Å². The van der Waals surface area contributed by atoms with Crippen molar-refractivity contribution in [3.63, 3.8) is 0 Å². The summed E-state index contributed by atoms with van der Waals surface area (Å²) in [4.78, 5) is 0. The molecule has 0 bridgehead atoms. The van der Waals surface area contributed by atoms with Crippen LogP contribution in [0.15, 0.2) is 34.9 Å². The van der Waals surface area contributed by atoms with Crippen molar-refractivity contribution >= 4 is 17.8 Å². The van der Waals surface area contributed by atoms with Crippen LogP contribution in [0.4, 0.5) is 0 Å². The van der Waals surface area contributed by atoms with Crippen LogP contribution < -0.4 is 0 Å². The Kier molecular flexibility index (Phi) is 4.55. The van der Waals surface area contributed by atoms with Crippen LogP contribution in [0.1, 0.15) is 39.5 Å². The van der Waals surface area contributed by atoms with E-state index in [9.17, 15) is 0 Å². The van der Waals surface area contributed by atoms with Crippen molar-refractivity contribution in [2.45, 2.75) is 39.5 Å². The summed E-state index contributed by atoms with van der Waals surface area (Å²) in [6.45, 7) is 8.20. The van der Waals surface area contributed by atoms with Crippen LogP contribution in [0.25, 0.3) is 0 Å². The molecule has 16 heavy (non-hydrogen) atoms. The van der Waals surface area contributed by atoms with Gasteiger partial charge in [0.2, 0.25) is 0 Å². The van der Waals surface area contributed by atoms with E-state index in [1.165, 1.54) is 19.1 Å². The molecule has 1 nitrogen and oxygen atoms in total. The molecule has 0 saturated heterocycles. The predicted molar refractivity (Wildman–Crippen MR) is 72.2 cm³/mol. The van der Waals surface area contributed by atoms with Crippen molar-refractivity contribution in [2.75, 3.05) is 0 Å². The first-order valence-electron chi connectivity index (χ1n) is 5.77. The Labute approximate surface area is 103 Å². The second kappa shape index (κ2) is 5.49. The molecule has 0 aromatic heterocycles. The van der Waals surface area contributed by atoms with Gasteiger partial charge in [0.25, 0.3) is 0 Å². The fourth-order valence-electron chi connectivity index (χ4n) is 2.51. The summed E-state index contributed by atoms with van der Waals surface area (Å²) in [5.74, 6) is 0. The monoisotopic (exact) mass is 237 g/mol. The molecule has 0 aromatic rings. The maximum Gasteiger partial charge on any atom is 0.0485 e. The highest BCUT2D eigenvalue weighted by atomic mass is 35.5. The van der Waals surface area contributed by atoms with Gasteiger partial charge in [-0.3, -0.25) is 0 Å². The van der Waals surface area contributed by atoms with Crippen LogP contribution in [0, 0.1) is 10.8 Å². The third-order valence-corrected chi connectivity index (χ3v) is 3.63. The lowest BCUT2D eigenvalue weighted by atomic mass is 9.71. The molecule has 0 amide bonds. The van der Waals surface area contributed by atoms with Crippen LogP contribution in [-0.2, 0) is 0 Å². The van der Waals surface area contributed by atoms with E-state index in [2.05, 4.69) is 20.4 Å². The lowest BCUT2D eigenvalue weighted by Gasteiger charge is -2.35. The molecule has 1 atom stereocenters. The van der Waals surface area contributed by atoms with Gasteiger partial charge in [0.1, 0.15) is 0 Å². The van der Waals surface area contributed by atoms with Crippen molar-refractivity contribution in [1.82, 2.24) is 0 Å². The highest BCUT2D eigenvalue weighted by Crippen LogP contribution is 2.45. The Morgan fingerprint density at radius 1 is 1.50 bits per heavy atom. The van der Waals surface area contributed by atoms with Gasteiger partial charge < -0.3 is 5.41 Å². The fraction of sp³-hybridized carbons (Fsp3) is 0.500. The van der Waals surface area contributed by atoms with E-state index in [0.29, 0.717) is 0 Å². The number of hydrogen-bond acceptors (Lipinski definition) is 1. The van der Waals surface area contributed by atoms with E-state index in [0.717, 1.165) is 29.0 Å². The number of halogens is 1. The average Bonchev–Trinajstić information content (AvgIpc) is 2.24. The van der Waals surface area contributed by atoms with Crippen LogP contribution in [-0.4, -0.2) is 6.21 Å². The van der Waals surface area contributed by atoms with Crippen LogP contribution >= 0.6 is 11.6 Å². The molecule has 2 heteroatoms. The zero-order valence-electron chi connectivity index (χ0n) is 10.1. The maximum atomic E-state index is 7.44. The minimum atomic E-state index is 0.245. The van der Waals surface area contributed by atoms with Gasteiger partial charge in [-0.1, -0.05) is 50.6 Å². The van der Waals surface area contributed by atoms with Crippen LogP contribution in [0.2, 0.25) is 0 Å². The first kappa shape index (κ1) is 13.2. The van der Waals surface area contributed by atoms with Gasteiger partial charge in [0.15, 0.2) is 0 Å². The van der Waals surface area contributed by atoms with E-state index >= 15 is 0 Å². The smallest absolute Gasteiger partial charge is 0.0485 e. The van der Waals surface area contributed by atoms with Gasteiger partial charge in [-0.05, 0) is 35.8 Å². The summed E-state index contributed by atoms with van der Waals surface area (Å²) >= 11 is 6.27. The Morgan fingerprint density at radius 3 is 2.69 bits per heavy atom. The van der Waals surface area contributed by atoms with Crippen molar-refractivity contribution in [1.29, 1.82) is 5.41 Å². The summed E-state index contributed by atoms with van der Waals surface area (Å²) in [5.41, 5.74) is 2.32. The van der Waals surface area contributed by atoms with Gasteiger partial charge in [-0.2, -0.15) is 0 Å². The average molecular weight is 238 g/mol. The van der Waals surface area contributed by atoms with Crippen molar-refractivity contribution in [2.24, 2.45) is 5.41 Å². The van der Waals surface area contributed by atoms with Gasteiger partial charge in [-0.25, -0.2) is 0 Å². The quantitative estimate of drug-likeness (QED) is 0.677. The summed E-state index contributed by atoms with van der Waals surface area (Å²) in [6, 6.07) is 0. The highest BCUT2D eigenvalue weighted by Gasteiger charge is 2.31. The maximum absolute atomic E-state index is 7.44. The molecular formula is C14H20ClN. The molecule has 1 aliphatic carbocycles. The molecule has 0 radical (unpaired) electrons. The Hall–Kier alpha value is -0.820. The van der Waals surface area contributed by atoms with E-state index in [1.54, 1.807) is 6.08 Å². The molecular weight excluding hydrogens is 218 g/mol. The molecule has 1 unspecified atom stereocenters. The standard InChI is InChI=1S/C14H20ClN/c1-4-6-11-8-14(3,7-5-2)9-12(10-16)13(11)15/h4,6,10,16H,1,5,7-9H2,2-3H3/b11-6+,16-10?. The van der Waals surface area contributed by atoms with Crippen LogP contribution in [0.5, 0.6) is 0 Å². The predicted octanol–water partition coefficient (Wildman–Crippen LogP) is 4.84. The Balaban J connectivity index is 3.09. The summed E-state index contributed by atoms with van der Waals surface area (Å²) < 4.78 is 0. The normalized spacial score (nSPS) is 28.3. The van der Waals surface area contributed by atoms with Gasteiger partial charge in [0, 0.05) is 11.2 Å². The van der Waals surface area contributed by atoms with Crippen LogP contribution in [0.3, 0.4) is 0 Å². The second-order valence-electron chi connectivity index (χ2n) is 4.83. The lowest BCUT2D eigenvalue weighted by Crippen LogP contribution is -2.23. The number of allylic oxidation sites excluding steroid dienone is 5. The third kappa shape index (κ3) is 2.85. The second-order valence-corrected chi connectivity index (χ2v) is 5.20. The van der Waals surface area contributed by atoms with E-state index in [-0.39, 0.29) is 5.41 Å². The van der Waals surface area contributed by atoms with Gasteiger partial charge >= 0.3 is 0 Å². The Morgan fingerprint density at radius 2 is 2.19 bits per heavy atom. The molecule has 1 aliphatic rings. The Bertz CT molecular complexity index is 352. The highest BCUT2D eigenvalue weighted by molar-refractivity contribution is 6.33. The molecule has 88 valence electrons. The third-order valence-electron chi connectivity index (χ3n) is 3.15. The number of hydrogen-bond donors (Lipinski definition) is 1. The number of rotatable bonds is 4. The van der Waals surface area contributed by atoms with Crippen molar-refractivity contribution in [3.05, 3.63) is 34.9 Å². The lowest BCUT2D eigenvalue weighted by molar-refractivity contribution is 0.285. The molecule has 0 saturated carbocycles. The molecule has 0 heterocycles. The zero-order valence-corrected chi connectivity index (χ0v) is 10.9. The van der Waals surface area contributed by atoms with Gasteiger partial charge in [-0.15, -0.1) is 0 Å². The van der Waals surface area contributed by atoms with E-state index in [1.807, 2.05) is 6.08 Å². The summed E-state index contributed by atoms with van der Waals surface area (Å²) in [7, 11) is 0. The molecule has 0 spiro atoms. The first-order chi connectivity index (χ1) is 7.56. The molecule has 0 aromatic carbocycles. The minimum Gasteiger partial charge on any atom is -0.308 e. The first-order valence-corrected chi connectivity index (χ1v) is 6.15. The zero-order chi connectivity index (χ0) is 12.2. The summed E-state index contributed by atoms with van der Waals surface area (Å²) in [5, 5.41) is 8.19. The topological polar surface area (TPSA) is 23.9 Å². The molecule has 0 fully saturated rings. The number of nitrogens with one attached hydrogen (secondary N) is 1. The molecule has 0 aliphatic heterocycles. The SMILES string of the molecule is C=C/C=C1\CC(C)(CCC)CC(C=N)=C1Cl. The molecule has 1 rings (SSSR count). The fourth-order valence-corrected chi connectivity index (χ4v) is 2.76. The summed E-state index contributed by atoms with van der Waals surface area (Å²) in [6.07, 6.45) is 9.38. The van der Waals surface area contributed by atoms with Crippen molar-refractivity contribution < 1.29 is 0 Å². The van der Waals surface area contributed by atoms with E-state index in [4.69, 9.17) is 17.0 Å². The largest absolute Gasteiger partial charge is 0.308 e. The van der Waals surface area contributed by atoms with Gasteiger partial charge in [0.05, 0.1) is 0 Å². The van der Waals surface area contributed by atoms with E-state index < -0.39 is 0 Å². The molecule has 1 N–H and O–H groups in total.